The molecule has 1 unspecified atom stereocenters. The maximum atomic E-state index is 5.76. The van der Waals surface area contributed by atoms with Crippen molar-refractivity contribution >= 4 is 11.5 Å². The molecule has 0 aliphatic carbocycles. The van der Waals surface area contributed by atoms with Gasteiger partial charge in [-0.3, -0.25) is 0 Å². The number of hydrogen-bond acceptors (Lipinski definition) is 5. The molecule has 1 atom stereocenters. The summed E-state index contributed by atoms with van der Waals surface area (Å²) in [5.74, 6) is 1.14. The lowest BCUT2D eigenvalue weighted by Gasteiger charge is -2.29. The molecule has 0 saturated carbocycles. The zero-order valence-corrected chi connectivity index (χ0v) is 12.4. The Balaban J connectivity index is 1.77. The first-order valence-electron chi connectivity index (χ1n) is 7.76. The summed E-state index contributed by atoms with van der Waals surface area (Å²) in [6.45, 7) is 6.94. The second-order valence-electron chi connectivity index (χ2n) is 5.83. The Morgan fingerprint density at radius 3 is 2.90 bits per heavy atom. The fourth-order valence-electron chi connectivity index (χ4n) is 3.19. The Kier molecular flexibility index (Phi) is 3.27. The molecule has 0 aromatic carbocycles. The fraction of sp³-hybridized carbons (Fsp3) is 0.600. The molecule has 4 heterocycles. The van der Waals surface area contributed by atoms with Crippen molar-refractivity contribution in [2.45, 2.75) is 25.9 Å². The highest BCUT2D eigenvalue weighted by Crippen LogP contribution is 2.29. The monoisotopic (exact) mass is 287 g/mol. The molecule has 0 amide bonds. The van der Waals surface area contributed by atoms with Crippen LogP contribution in [0.1, 0.15) is 30.3 Å². The molecule has 0 radical (unpaired) electrons. The van der Waals surface area contributed by atoms with Crippen LogP contribution in [0.3, 0.4) is 0 Å². The summed E-state index contributed by atoms with van der Waals surface area (Å²) in [4.78, 5) is 7.01. The summed E-state index contributed by atoms with van der Waals surface area (Å²) >= 11 is 0. The molecule has 2 aliphatic rings. The van der Waals surface area contributed by atoms with Crippen LogP contribution in [0.25, 0.3) is 5.65 Å². The lowest BCUT2D eigenvalue weighted by molar-refractivity contribution is 0.108. The van der Waals surface area contributed by atoms with Crippen LogP contribution < -0.4 is 10.2 Å². The summed E-state index contributed by atoms with van der Waals surface area (Å²) in [6.07, 6.45) is 2.32. The molecule has 21 heavy (non-hydrogen) atoms. The summed E-state index contributed by atoms with van der Waals surface area (Å²) in [6, 6.07) is 4.21. The third kappa shape index (κ3) is 2.38. The molecule has 0 bridgehead atoms. The Morgan fingerprint density at radius 2 is 2.14 bits per heavy atom. The number of fused-ring (bicyclic) bond motifs is 1. The fourth-order valence-corrected chi connectivity index (χ4v) is 3.19. The minimum Gasteiger partial charge on any atom is -0.372 e. The molecule has 2 saturated heterocycles. The van der Waals surface area contributed by atoms with Crippen LogP contribution in [0.2, 0.25) is 0 Å². The lowest BCUT2D eigenvalue weighted by Crippen LogP contribution is -2.44. The van der Waals surface area contributed by atoms with E-state index in [9.17, 15) is 0 Å². The minimum atomic E-state index is 0.142. The van der Waals surface area contributed by atoms with Gasteiger partial charge in [0.05, 0.1) is 5.69 Å². The van der Waals surface area contributed by atoms with Gasteiger partial charge in [-0.2, -0.15) is 9.61 Å². The summed E-state index contributed by atoms with van der Waals surface area (Å²) in [7, 11) is 0. The molecule has 2 fully saturated rings. The normalized spacial score (nSPS) is 23.1. The number of nitrogens with one attached hydrogen (secondary N) is 1. The molecule has 1 N–H and O–H groups in total. The topological polar surface area (TPSA) is 54.7 Å². The van der Waals surface area contributed by atoms with E-state index >= 15 is 0 Å². The van der Waals surface area contributed by atoms with Gasteiger partial charge in [0.2, 0.25) is 0 Å². The first kappa shape index (κ1) is 13.0. The van der Waals surface area contributed by atoms with E-state index < -0.39 is 0 Å². The van der Waals surface area contributed by atoms with E-state index in [1.165, 1.54) is 0 Å². The van der Waals surface area contributed by atoms with E-state index in [0.717, 1.165) is 68.5 Å². The van der Waals surface area contributed by atoms with E-state index in [1.54, 1.807) is 0 Å². The lowest BCUT2D eigenvalue weighted by atomic mass is 10.2. The Morgan fingerprint density at radius 1 is 1.29 bits per heavy atom. The number of aryl methyl sites for hydroxylation is 1. The van der Waals surface area contributed by atoms with Crippen molar-refractivity contribution in [2.24, 2.45) is 0 Å². The van der Waals surface area contributed by atoms with E-state index in [-0.39, 0.29) is 6.10 Å². The highest BCUT2D eigenvalue weighted by Gasteiger charge is 2.23. The number of rotatable bonds is 2. The highest BCUT2D eigenvalue weighted by atomic mass is 16.5. The smallest absolute Gasteiger partial charge is 0.157 e. The third-order valence-electron chi connectivity index (χ3n) is 4.26. The van der Waals surface area contributed by atoms with Gasteiger partial charge in [0.25, 0.3) is 0 Å². The molecule has 112 valence electrons. The van der Waals surface area contributed by atoms with Crippen molar-refractivity contribution in [2.75, 3.05) is 37.7 Å². The number of ether oxygens (including phenoxy) is 1. The average molecular weight is 287 g/mol. The average Bonchev–Trinajstić information content (AvgIpc) is 3.16. The van der Waals surface area contributed by atoms with Gasteiger partial charge >= 0.3 is 0 Å². The predicted molar refractivity (Wildman–Crippen MR) is 80.7 cm³/mol. The van der Waals surface area contributed by atoms with Crippen molar-refractivity contribution in [3.05, 3.63) is 23.5 Å². The standard InChI is InChI=1S/C15H21N5O/c1-11-9-15(19-6-4-16-5-7-19)20-14(17-11)10-12(18-20)13-3-2-8-21-13/h9-10,13,16H,2-8H2,1H3. The van der Waals surface area contributed by atoms with Gasteiger partial charge in [-0.05, 0) is 19.8 Å². The van der Waals surface area contributed by atoms with Crippen molar-refractivity contribution in [3.8, 4) is 0 Å². The number of hydrogen-bond donors (Lipinski definition) is 1. The van der Waals surface area contributed by atoms with Gasteiger partial charge in [-0.1, -0.05) is 0 Å². The van der Waals surface area contributed by atoms with Crippen molar-refractivity contribution in [1.29, 1.82) is 0 Å². The molecular formula is C15H21N5O. The first-order chi connectivity index (χ1) is 10.3. The number of aromatic nitrogens is 3. The van der Waals surface area contributed by atoms with Crippen molar-refractivity contribution in [3.63, 3.8) is 0 Å². The van der Waals surface area contributed by atoms with E-state index in [0.29, 0.717) is 0 Å². The quantitative estimate of drug-likeness (QED) is 0.902. The maximum Gasteiger partial charge on any atom is 0.157 e. The minimum absolute atomic E-state index is 0.142. The van der Waals surface area contributed by atoms with Crippen molar-refractivity contribution < 1.29 is 4.74 Å². The van der Waals surface area contributed by atoms with Gasteiger partial charge in [-0.25, -0.2) is 4.98 Å². The van der Waals surface area contributed by atoms with Crippen LogP contribution in [0.4, 0.5) is 5.82 Å². The van der Waals surface area contributed by atoms with E-state index in [2.05, 4.69) is 27.3 Å². The maximum absolute atomic E-state index is 5.76. The first-order valence-corrected chi connectivity index (χ1v) is 7.76. The van der Waals surface area contributed by atoms with Gasteiger partial charge in [-0.15, -0.1) is 0 Å². The molecule has 2 aromatic rings. The number of nitrogens with zero attached hydrogens (tertiary/aromatic N) is 4. The Hall–Kier alpha value is -1.66. The van der Waals surface area contributed by atoms with Crippen LogP contribution in [0, 0.1) is 6.92 Å². The zero-order valence-electron chi connectivity index (χ0n) is 12.4. The molecular weight excluding hydrogens is 266 g/mol. The molecule has 0 spiro atoms. The summed E-state index contributed by atoms with van der Waals surface area (Å²) < 4.78 is 7.74. The third-order valence-corrected chi connectivity index (χ3v) is 4.26. The van der Waals surface area contributed by atoms with Crippen LogP contribution in [-0.2, 0) is 4.74 Å². The molecule has 6 heteroatoms. The summed E-state index contributed by atoms with van der Waals surface area (Å²) in [5, 5.41) is 8.17. The van der Waals surface area contributed by atoms with Crippen molar-refractivity contribution in [1.82, 2.24) is 19.9 Å². The zero-order chi connectivity index (χ0) is 14.2. The molecule has 6 nitrogen and oxygen atoms in total. The highest BCUT2D eigenvalue weighted by molar-refractivity contribution is 5.52. The van der Waals surface area contributed by atoms with Crippen LogP contribution >= 0.6 is 0 Å². The van der Waals surface area contributed by atoms with Crippen LogP contribution in [0.5, 0.6) is 0 Å². The van der Waals surface area contributed by atoms with Gasteiger partial charge in [0.15, 0.2) is 5.65 Å². The molecule has 2 aliphatic heterocycles. The van der Waals surface area contributed by atoms with Gasteiger partial charge in [0, 0.05) is 50.6 Å². The van der Waals surface area contributed by atoms with Gasteiger partial charge < -0.3 is 15.0 Å². The number of piperazine rings is 1. The van der Waals surface area contributed by atoms with E-state index in [1.807, 2.05) is 11.4 Å². The SMILES string of the molecule is Cc1cc(N2CCNCC2)n2nc(C3CCCO3)cc2n1. The Bertz CT molecular complexity index is 641. The summed E-state index contributed by atoms with van der Waals surface area (Å²) in [5.41, 5.74) is 2.98. The van der Waals surface area contributed by atoms with E-state index in [4.69, 9.17) is 9.84 Å². The predicted octanol–water partition coefficient (Wildman–Crippen LogP) is 1.30. The molecule has 2 aromatic heterocycles. The van der Waals surface area contributed by atoms with Gasteiger partial charge in [0.1, 0.15) is 11.9 Å². The largest absolute Gasteiger partial charge is 0.372 e. The van der Waals surface area contributed by atoms with Crippen LogP contribution in [-0.4, -0.2) is 47.4 Å². The second-order valence-corrected chi connectivity index (χ2v) is 5.83. The Labute approximate surface area is 124 Å². The molecule has 4 rings (SSSR count). The second kappa shape index (κ2) is 5.27. The van der Waals surface area contributed by atoms with Crippen LogP contribution in [0.15, 0.2) is 12.1 Å². The number of anilines is 1.